The highest BCUT2D eigenvalue weighted by molar-refractivity contribution is 9.10. The number of aryl methyl sites for hydroxylation is 1. The number of benzene rings is 1. The molecule has 1 aromatic carbocycles. The van der Waals surface area contributed by atoms with Gasteiger partial charge in [-0.05, 0) is 44.7 Å². The maximum Gasteiger partial charge on any atom is 0.161 e. The molecule has 1 aliphatic carbocycles. The fourth-order valence-electron chi connectivity index (χ4n) is 2.84. The van der Waals surface area contributed by atoms with Crippen molar-refractivity contribution in [1.82, 2.24) is 9.97 Å². The van der Waals surface area contributed by atoms with E-state index in [-0.39, 0.29) is 0 Å². The molecular weight excluding hydrogens is 326 g/mol. The molecule has 0 fully saturated rings. The summed E-state index contributed by atoms with van der Waals surface area (Å²) in [5, 5.41) is 3.43. The van der Waals surface area contributed by atoms with E-state index in [9.17, 15) is 0 Å². The second kappa shape index (κ2) is 6.56. The first kappa shape index (κ1) is 14.5. The Morgan fingerprint density at radius 2 is 2.00 bits per heavy atom. The van der Waals surface area contributed by atoms with Gasteiger partial charge in [0.1, 0.15) is 5.82 Å². The van der Waals surface area contributed by atoms with E-state index in [4.69, 9.17) is 9.97 Å². The predicted octanol–water partition coefficient (Wildman–Crippen LogP) is 4.61. The van der Waals surface area contributed by atoms with Crippen LogP contribution in [0.3, 0.4) is 0 Å². The second-order valence-corrected chi connectivity index (χ2v) is 6.34. The molecule has 1 heterocycles. The Hall–Kier alpha value is -1.42. The van der Waals surface area contributed by atoms with Gasteiger partial charge in [-0.25, -0.2) is 9.97 Å². The summed E-state index contributed by atoms with van der Waals surface area (Å²) in [6.45, 7) is 3.01. The highest BCUT2D eigenvalue weighted by Gasteiger charge is 2.17. The van der Waals surface area contributed by atoms with E-state index >= 15 is 0 Å². The van der Waals surface area contributed by atoms with Crippen LogP contribution in [0.25, 0.3) is 11.4 Å². The van der Waals surface area contributed by atoms with Crippen LogP contribution in [0, 0.1) is 0 Å². The van der Waals surface area contributed by atoms with Crippen molar-refractivity contribution in [3.8, 4) is 11.4 Å². The van der Waals surface area contributed by atoms with Crippen LogP contribution in [-0.4, -0.2) is 16.5 Å². The van der Waals surface area contributed by atoms with E-state index in [0.717, 1.165) is 41.1 Å². The van der Waals surface area contributed by atoms with Crippen molar-refractivity contribution >= 4 is 21.7 Å². The van der Waals surface area contributed by atoms with Crippen molar-refractivity contribution in [3.05, 3.63) is 40.0 Å². The Morgan fingerprint density at radius 3 is 2.81 bits per heavy atom. The zero-order chi connectivity index (χ0) is 14.7. The Balaban J connectivity index is 2.09. The first-order valence-corrected chi connectivity index (χ1v) is 8.47. The van der Waals surface area contributed by atoms with Crippen LogP contribution in [-0.2, 0) is 12.8 Å². The van der Waals surface area contributed by atoms with Crippen LogP contribution in [0.15, 0.2) is 28.7 Å². The van der Waals surface area contributed by atoms with Gasteiger partial charge in [-0.2, -0.15) is 0 Å². The lowest BCUT2D eigenvalue weighted by Crippen LogP contribution is -2.09. The zero-order valence-electron chi connectivity index (χ0n) is 12.3. The summed E-state index contributed by atoms with van der Waals surface area (Å²) in [4.78, 5) is 9.64. The summed E-state index contributed by atoms with van der Waals surface area (Å²) in [5.41, 5.74) is 3.62. The topological polar surface area (TPSA) is 37.8 Å². The number of fused-ring (bicyclic) bond motifs is 1. The van der Waals surface area contributed by atoms with Gasteiger partial charge in [-0.15, -0.1) is 0 Å². The number of halogens is 1. The molecular formula is C17H20BrN3. The summed E-state index contributed by atoms with van der Waals surface area (Å²) < 4.78 is 1.06. The molecule has 21 heavy (non-hydrogen) atoms. The van der Waals surface area contributed by atoms with Crippen LogP contribution in [0.4, 0.5) is 5.82 Å². The Bertz CT molecular complexity index is 640. The predicted molar refractivity (Wildman–Crippen MR) is 90.6 cm³/mol. The van der Waals surface area contributed by atoms with Gasteiger partial charge in [0.05, 0.1) is 0 Å². The molecule has 0 bridgehead atoms. The van der Waals surface area contributed by atoms with Crippen molar-refractivity contribution < 1.29 is 0 Å². The van der Waals surface area contributed by atoms with E-state index in [1.165, 1.54) is 30.5 Å². The normalized spacial score (nSPS) is 14.4. The Labute approximate surface area is 134 Å². The minimum absolute atomic E-state index is 0.827. The Morgan fingerprint density at radius 1 is 1.14 bits per heavy atom. The van der Waals surface area contributed by atoms with E-state index in [0.29, 0.717) is 0 Å². The number of anilines is 1. The van der Waals surface area contributed by atoms with Gasteiger partial charge in [0.25, 0.3) is 0 Å². The molecule has 3 nitrogen and oxygen atoms in total. The van der Waals surface area contributed by atoms with Crippen molar-refractivity contribution in [2.24, 2.45) is 0 Å². The molecule has 0 saturated carbocycles. The number of hydrogen-bond acceptors (Lipinski definition) is 3. The molecule has 3 rings (SSSR count). The van der Waals surface area contributed by atoms with Gasteiger partial charge in [0, 0.05) is 27.8 Å². The summed E-state index contributed by atoms with van der Waals surface area (Å²) in [6, 6.07) is 8.20. The third-order valence-corrected chi connectivity index (χ3v) is 4.35. The van der Waals surface area contributed by atoms with Gasteiger partial charge >= 0.3 is 0 Å². The fourth-order valence-corrected chi connectivity index (χ4v) is 3.24. The largest absolute Gasteiger partial charge is 0.370 e. The maximum absolute atomic E-state index is 4.86. The highest BCUT2D eigenvalue weighted by Crippen LogP contribution is 2.28. The molecule has 110 valence electrons. The number of hydrogen-bond donors (Lipinski definition) is 1. The van der Waals surface area contributed by atoms with E-state index in [1.807, 2.05) is 12.1 Å². The fraction of sp³-hybridized carbons (Fsp3) is 0.412. The minimum Gasteiger partial charge on any atom is -0.370 e. The second-order valence-electron chi connectivity index (χ2n) is 5.42. The zero-order valence-corrected chi connectivity index (χ0v) is 13.9. The van der Waals surface area contributed by atoms with Crippen LogP contribution in [0.2, 0.25) is 0 Å². The smallest absolute Gasteiger partial charge is 0.161 e. The third-order valence-electron chi connectivity index (χ3n) is 3.86. The minimum atomic E-state index is 0.827. The first-order chi connectivity index (χ1) is 10.3. The molecule has 2 aromatic rings. The number of nitrogens with one attached hydrogen (secondary N) is 1. The third kappa shape index (κ3) is 3.26. The average Bonchev–Trinajstić information content (AvgIpc) is 2.73. The van der Waals surface area contributed by atoms with Crippen molar-refractivity contribution in [3.63, 3.8) is 0 Å². The van der Waals surface area contributed by atoms with Gasteiger partial charge in [0.2, 0.25) is 0 Å². The summed E-state index contributed by atoms with van der Waals surface area (Å²) in [6.07, 6.45) is 5.92. The molecule has 1 aliphatic rings. The number of rotatable bonds is 3. The Kier molecular flexibility index (Phi) is 4.54. The van der Waals surface area contributed by atoms with E-state index in [2.05, 4.69) is 40.3 Å². The molecule has 0 unspecified atom stereocenters. The average molecular weight is 346 g/mol. The van der Waals surface area contributed by atoms with Crippen LogP contribution >= 0.6 is 15.9 Å². The molecule has 1 N–H and O–H groups in total. The molecule has 0 amide bonds. The highest BCUT2D eigenvalue weighted by atomic mass is 79.9. The lowest BCUT2D eigenvalue weighted by atomic mass is 10.1. The van der Waals surface area contributed by atoms with Gasteiger partial charge in [-0.1, -0.05) is 34.5 Å². The van der Waals surface area contributed by atoms with Crippen molar-refractivity contribution in [1.29, 1.82) is 0 Å². The summed E-state index contributed by atoms with van der Waals surface area (Å²) >= 11 is 3.52. The molecule has 0 aliphatic heterocycles. The van der Waals surface area contributed by atoms with Gasteiger partial charge < -0.3 is 5.32 Å². The molecule has 0 saturated heterocycles. The van der Waals surface area contributed by atoms with E-state index < -0.39 is 0 Å². The number of nitrogens with zero attached hydrogens (tertiary/aromatic N) is 2. The SMILES string of the molecule is CCNc1nc(-c2cccc(Br)c2)nc2c1CCCCC2. The van der Waals surface area contributed by atoms with Crippen LogP contribution < -0.4 is 5.32 Å². The molecule has 1 aromatic heterocycles. The van der Waals surface area contributed by atoms with E-state index in [1.54, 1.807) is 0 Å². The van der Waals surface area contributed by atoms with Crippen LogP contribution in [0.1, 0.15) is 37.4 Å². The van der Waals surface area contributed by atoms with Crippen molar-refractivity contribution in [2.75, 3.05) is 11.9 Å². The molecule has 0 spiro atoms. The molecule has 4 heteroatoms. The molecule has 0 atom stereocenters. The monoisotopic (exact) mass is 345 g/mol. The van der Waals surface area contributed by atoms with Gasteiger partial charge in [-0.3, -0.25) is 0 Å². The molecule has 0 radical (unpaired) electrons. The lowest BCUT2D eigenvalue weighted by molar-refractivity contribution is 0.709. The summed E-state index contributed by atoms with van der Waals surface area (Å²) in [5.74, 6) is 1.85. The lowest BCUT2D eigenvalue weighted by Gasteiger charge is -2.14. The number of aromatic nitrogens is 2. The first-order valence-electron chi connectivity index (χ1n) is 7.67. The maximum atomic E-state index is 4.86. The quantitative estimate of drug-likeness (QED) is 0.825. The van der Waals surface area contributed by atoms with Gasteiger partial charge in [0.15, 0.2) is 5.82 Å². The standard InChI is InChI=1S/C17H20BrN3/c1-2-19-17-14-9-4-3-5-10-15(14)20-16(21-17)12-7-6-8-13(18)11-12/h6-8,11H,2-5,9-10H2,1H3,(H,19,20,21). The summed E-state index contributed by atoms with van der Waals surface area (Å²) in [7, 11) is 0. The van der Waals surface area contributed by atoms with Crippen molar-refractivity contribution in [2.45, 2.75) is 39.0 Å². The van der Waals surface area contributed by atoms with Crippen LogP contribution in [0.5, 0.6) is 0 Å².